The lowest BCUT2D eigenvalue weighted by molar-refractivity contribution is 0.102. The predicted octanol–water partition coefficient (Wildman–Crippen LogP) is 3.30. The zero-order valence-corrected chi connectivity index (χ0v) is 18.2. The molecule has 0 aliphatic heterocycles. The Bertz CT molecular complexity index is 1370. The van der Waals surface area contributed by atoms with Gasteiger partial charge in [-0.25, -0.2) is 18.1 Å². The molecule has 9 nitrogen and oxygen atoms in total. The molecule has 0 aliphatic carbocycles. The Hall–Kier alpha value is -3.41. The third kappa shape index (κ3) is 4.38. The molecule has 0 radical (unpaired) electrons. The number of aromatic nitrogens is 3. The number of aryl methyl sites for hydroxylation is 1. The average molecular weight is 455 g/mol. The van der Waals surface area contributed by atoms with E-state index in [1.807, 2.05) is 24.3 Å². The van der Waals surface area contributed by atoms with E-state index >= 15 is 0 Å². The third-order valence-electron chi connectivity index (χ3n) is 4.47. The number of carbonyl (C=O) groups is 1. The second-order valence-electron chi connectivity index (χ2n) is 6.53. The molecule has 2 aromatic heterocycles. The van der Waals surface area contributed by atoms with E-state index in [0.29, 0.717) is 27.8 Å². The zero-order valence-electron chi connectivity index (χ0n) is 16.6. The van der Waals surface area contributed by atoms with Crippen molar-refractivity contribution >= 4 is 55.0 Å². The van der Waals surface area contributed by atoms with Crippen LogP contribution in [0.4, 0.5) is 16.5 Å². The summed E-state index contributed by atoms with van der Waals surface area (Å²) in [6.45, 7) is 1.74. The third-order valence-corrected chi connectivity index (χ3v) is 6.76. The van der Waals surface area contributed by atoms with Gasteiger partial charge in [-0.3, -0.25) is 9.78 Å². The van der Waals surface area contributed by atoms with Crippen molar-refractivity contribution in [3.8, 4) is 0 Å². The van der Waals surface area contributed by atoms with Crippen molar-refractivity contribution in [2.45, 2.75) is 11.8 Å². The molecule has 0 unspecified atom stereocenters. The van der Waals surface area contributed by atoms with Crippen LogP contribution in [0.1, 0.15) is 16.1 Å². The van der Waals surface area contributed by atoms with Gasteiger partial charge in [-0.2, -0.15) is 4.37 Å². The first-order valence-corrected chi connectivity index (χ1v) is 11.4. The molecule has 158 valence electrons. The van der Waals surface area contributed by atoms with E-state index in [2.05, 4.69) is 29.7 Å². The van der Waals surface area contributed by atoms with Gasteiger partial charge in [0, 0.05) is 5.69 Å². The van der Waals surface area contributed by atoms with Crippen LogP contribution < -0.4 is 15.4 Å². The van der Waals surface area contributed by atoms with Crippen LogP contribution in [0.3, 0.4) is 0 Å². The Morgan fingerprint density at radius 3 is 2.45 bits per heavy atom. The lowest BCUT2D eigenvalue weighted by Gasteiger charge is -2.09. The molecule has 2 heterocycles. The molecule has 1 amide bonds. The van der Waals surface area contributed by atoms with Crippen LogP contribution in [-0.4, -0.2) is 35.7 Å². The number of rotatable bonds is 6. The highest BCUT2D eigenvalue weighted by Crippen LogP contribution is 2.28. The Kier molecular flexibility index (Phi) is 5.63. The molecule has 0 saturated heterocycles. The SMILES string of the molecule is CNS(=O)(=O)c1ccc(NC(=O)c2c(C)nsc2Nc2cnc3ccccc3n2)cc1. The summed E-state index contributed by atoms with van der Waals surface area (Å²) in [5.41, 5.74) is 2.91. The summed E-state index contributed by atoms with van der Waals surface area (Å²) in [6, 6.07) is 13.4. The minimum atomic E-state index is -3.54. The van der Waals surface area contributed by atoms with Crippen molar-refractivity contribution in [2.24, 2.45) is 0 Å². The smallest absolute Gasteiger partial charge is 0.260 e. The molecule has 0 fully saturated rings. The fourth-order valence-corrected chi connectivity index (χ4v) is 4.42. The molecule has 0 bridgehead atoms. The van der Waals surface area contributed by atoms with Crippen LogP contribution in [0.25, 0.3) is 11.0 Å². The van der Waals surface area contributed by atoms with Crippen LogP contribution in [0.2, 0.25) is 0 Å². The minimum Gasteiger partial charge on any atom is -0.329 e. The molecule has 4 rings (SSSR count). The number of anilines is 3. The lowest BCUT2D eigenvalue weighted by atomic mass is 10.2. The molecule has 4 aromatic rings. The summed E-state index contributed by atoms with van der Waals surface area (Å²) in [5, 5.41) is 6.43. The van der Waals surface area contributed by atoms with E-state index in [0.717, 1.165) is 22.6 Å². The number of benzene rings is 2. The minimum absolute atomic E-state index is 0.110. The first-order chi connectivity index (χ1) is 14.9. The number of amides is 1. The van der Waals surface area contributed by atoms with E-state index in [-0.39, 0.29) is 10.8 Å². The van der Waals surface area contributed by atoms with E-state index < -0.39 is 10.0 Å². The summed E-state index contributed by atoms with van der Waals surface area (Å²) in [6.07, 6.45) is 1.60. The summed E-state index contributed by atoms with van der Waals surface area (Å²) < 4.78 is 30.2. The van der Waals surface area contributed by atoms with Crippen molar-refractivity contribution in [1.29, 1.82) is 0 Å². The van der Waals surface area contributed by atoms with E-state index in [9.17, 15) is 13.2 Å². The monoisotopic (exact) mass is 454 g/mol. The maximum Gasteiger partial charge on any atom is 0.260 e. The summed E-state index contributed by atoms with van der Waals surface area (Å²) in [7, 11) is -2.21. The number of fused-ring (bicyclic) bond motifs is 1. The Labute approximate surface area is 182 Å². The first-order valence-electron chi connectivity index (χ1n) is 9.17. The number of carbonyl (C=O) groups excluding carboxylic acids is 1. The second-order valence-corrected chi connectivity index (χ2v) is 9.19. The van der Waals surface area contributed by atoms with Crippen LogP contribution in [0, 0.1) is 6.92 Å². The summed E-state index contributed by atoms with van der Waals surface area (Å²) >= 11 is 1.15. The molecule has 31 heavy (non-hydrogen) atoms. The average Bonchev–Trinajstić information content (AvgIpc) is 3.14. The molecule has 2 aromatic carbocycles. The maximum absolute atomic E-state index is 12.9. The van der Waals surface area contributed by atoms with Crippen LogP contribution in [0.15, 0.2) is 59.6 Å². The number of sulfonamides is 1. The van der Waals surface area contributed by atoms with E-state index in [4.69, 9.17) is 0 Å². The molecular weight excluding hydrogens is 436 g/mol. The fraction of sp³-hybridized carbons (Fsp3) is 0.100. The number of hydrogen-bond acceptors (Lipinski definition) is 8. The number of nitrogens with one attached hydrogen (secondary N) is 3. The Balaban J connectivity index is 1.56. The molecule has 0 saturated carbocycles. The van der Waals surface area contributed by atoms with Crippen molar-refractivity contribution in [1.82, 2.24) is 19.1 Å². The van der Waals surface area contributed by atoms with Gasteiger partial charge in [0.05, 0.1) is 33.4 Å². The summed E-state index contributed by atoms with van der Waals surface area (Å²) in [4.78, 5) is 21.9. The van der Waals surface area contributed by atoms with Gasteiger partial charge >= 0.3 is 0 Å². The molecule has 0 atom stereocenters. The highest BCUT2D eigenvalue weighted by atomic mass is 32.2. The van der Waals surface area contributed by atoms with Crippen molar-refractivity contribution in [3.05, 3.63) is 66.0 Å². The topological polar surface area (TPSA) is 126 Å². The van der Waals surface area contributed by atoms with Gasteiger partial charge in [-0.15, -0.1) is 0 Å². The van der Waals surface area contributed by atoms with Crippen molar-refractivity contribution < 1.29 is 13.2 Å². The van der Waals surface area contributed by atoms with Gasteiger partial charge < -0.3 is 10.6 Å². The molecule has 11 heteroatoms. The van der Waals surface area contributed by atoms with Gasteiger partial charge in [-0.1, -0.05) is 12.1 Å². The van der Waals surface area contributed by atoms with E-state index in [1.54, 1.807) is 13.1 Å². The van der Waals surface area contributed by atoms with E-state index in [1.165, 1.54) is 31.3 Å². The van der Waals surface area contributed by atoms with Crippen LogP contribution in [0.5, 0.6) is 0 Å². The molecule has 3 N–H and O–H groups in total. The normalized spacial score (nSPS) is 11.4. The zero-order chi connectivity index (χ0) is 22.0. The number of nitrogens with zero attached hydrogens (tertiary/aromatic N) is 3. The van der Waals surface area contributed by atoms with Crippen LogP contribution >= 0.6 is 11.5 Å². The Morgan fingerprint density at radius 2 is 1.74 bits per heavy atom. The highest BCUT2D eigenvalue weighted by Gasteiger charge is 2.20. The van der Waals surface area contributed by atoms with Gasteiger partial charge in [0.15, 0.2) is 0 Å². The van der Waals surface area contributed by atoms with Crippen molar-refractivity contribution in [3.63, 3.8) is 0 Å². The van der Waals surface area contributed by atoms with Gasteiger partial charge in [0.2, 0.25) is 10.0 Å². The molecule has 0 spiro atoms. The van der Waals surface area contributed by atoms with Gasteiger partial charge in [0.25, 0.3) is 5.91 Å². The first kappa shape index (κ1) is 20.8. The Morgan fingerprint density at radius 1 is 1.03 bits per heavy atom. The largest absolute Gasteiger partial charge is 0.329 e. The predicted molar refractivity (Wildman–Crippen MR) is 120 cm³/mol. The second kappa shape index (κ2) is 8.38. The van der Waals surface area contributed by atoms with Gasteiger partial charge in [-0.05, 0) is 61.9 Å². The maximum atomic E-state index is 12.9. The fourth-order valence-electron chi connectivity index (χ4n) is 2.89. The lowest BCUT2D eigenvalue weighted by Crippen LogP contribution is -2.18. The standard InChI is InChI=1S/C20H18N6O3S2/c1-12-18(19(27)23-13-7-9-14(10-8-13)31(28,29)21-2)20(30-26-12)25-17-11-22-15-5-3-4-6-16(15)24-17/h3-11,21H,1-2H3,(H,23,27)(H,24,25). The molecule has 0 aliphatic rings. The van der Waals surface area contributed by atoms with Crippen molar-refractivity contribution in [2.75, 3.05) is 17.7 Å². The quantitative estimate of drug-likeness (QED) is 0.408. The number of para-hydroxylation sites is 2. The number of hydrogen-bond donors (Lipinski definition) is 3. The molecular formula is C20H18N6O3S2. The highest BCUT2D eigenvalue weighted by molar-refractivity contribution is 7.89. The van der Waals surface area contributed by atoms with Gasteiger partial charge in [0.1, 0.15) is 10.8 Å². The summed E-state index contributed by atoms with van der Waals surface area (Å²) in [5.74, 6) is 0.129. The van der Waals surface area contributed by atoms with Crippen LogP contribution in [-0.2, 0) is 10.0 Å².